The van der Waals surface area contributed by atoms with Gasteiger partial charge in [0.1, 0.15) is 5.75 Å². The maximum atomic E-state index is 12.3. The number of para-hydroxylation sites is 1. The summed E-state index contributed by atoms with van der Waals surface area (Å²) in [6, 6.07) is 7.87. The third-order valence-electron chi connectivity index (χ3n) is 3.95. The Morgan fingerprint density at radius 1 is 1.38 bits per heavy atom. The number of hydrogen-bond acceptors (Lipinski definition) is 4. The van der Waals surface area contributed by atoms with Crippen molar-refractivity contribution in [2.24, 2.45) is 0 Å². The number of rotatable bonds is 6. The van der Waals surface area contributed by atoms with Crippen LogP contribution in [0.4, 0.5) is 0 Å². The summed E-state index contributed by atoms with van der Waals surface area (Å²) in [7, 11) is 1.66. The smallest absolute Gasteiger partial charge is 0.247 e. The predicted molar refractivity (Wildman–Crippen MR) is 97.2 cm³/mol. The Labute approximate surface area is 145 Å². The predicted octanol–water partition coefficient (Wildman–Crippen LogP) is 3.53. The van der Waals surface area contributed by atoms with Gasteiger partial charge in [0, 0.05) is 17.5 Å². The van der Waals surface area contributed by atoms with Gasteiger partial charge in [-0.05, 0) is 43.0 Å². The molecule has 0 saturated carbocycles. The van der Waals surface area contributed by atoms with Crippen LogP contribution < -0.4 is 10.1 Å². The van der Waals surface area contributed by atoms with Gasteiger partial charge in [-0.15, -0.1) is 11.3 Å². The van der Waals surface area contributed by atoms with Crippen LogP contribution in [0.5, 0.6) is 5.75 Å². The van der Waals surface area contributed by atoms with Gasteiger partial charge in [0.15, 0.2) is 0 Å². The van der Waals surface area contributed by atoms with Gasteiger partial charge < -0.3 is 10.1 Å². The van der Waals surface area contributed by atoms with Crippen LogP contribution in [0.15, 0.2) is 47.4 Å². The van der Waals surface area contributed by atoms with E-state index in [1.54, 1.807) is 18.4 Å². The fourth-order valence-corrected chi connectivity index (χ4v) is 3.31. The molecule has 1 aliphatic rings. The first-order chi connectivity index (χ1) is 11.7. The second-order valence-corrected chi connectivity index (χ2v) is 6.66. The van der Waals surface area contributed by atoms with E-state index in [2.05, 4.69) is 16.4 Å². The van der Waals surface area contributed by atoms with E-state index in [0.29, 0.717) is 13.0 Å². The Morgan fingerprint density at radius 2 is 2.21 bits per heavy atom. The molecular weight excluding hydrogens is 320 g/mol. The van der Waals surface area contributed by atoms with Crippen LogP contribution >= 0.6 is 11.3 Å². The van der Waals surface area contributed by atoms with Crippen LogP contribution in [-0.2, 0) is 11.2 Å². The Hall–Kier alpha value is -2.40. The number of aryl methyl sites for hydroxylation is 1. The fraction of sp³-hybridized carbons (Fsp3) is 0.263. The van der Waals surface area contributed by atoms with Crippen molar-refractivity contribution in [3.05, 3.63) is 63.6 Å². The summed E-state index contributed by atoms with van der Waals surface area (Å²) in [6.45, 7) is 2.57. The first kappa shape index (κ1) is 16.5. The fourth-order valence-electron chi connectivity index (χ4n) is 2.69. The van der Waals surface area contributed by atoms with Crippen molar-refractivity contribution in [3.63, 3.8) is 0 Å². The number of amides is 1. The van der Waals surface area contributed by atoms with Crippen molar-refractivity contribution in [2.45, 2.75) is 19.8 Å². The quantitative estimate of drug-likeness (QED) is 0.875. The van der Waals surface area contributed by atoms with E-state index in [1.807, 2.05) is 42.6 Å². The highest BCUT2D eigenvalue weighted by Gasteiger charge is 2.16. The normalized spacial score (nSPS) is 13.4. The Bertz CT molecular complexity index is 805. The van der Waals surface area contributed by atoms with Gasteiger partial charge in [-0.2, -0.15) is 0 Å². The molecule has 0 spiro atoms. The Kier molecular flexibility index (Phi) is 5.11. The number of methoxy groups -OCH3 is 1. The lowest BCUT2D eigenvalue weighted by Gasteiger charge is -2.09. The molecule has 0 saturated heterocycles. The molecule has 24 heavy (non-hydrogen) atoms. The number of carbonyl (C=O) groups is 1. The van der Waals surface area contributed by atoms with Crippen molar-refractivity contribution in [3.8, 4) is 5.75 Å². The maximum absolute atomic E-state index is 12.3. The van der Waals surface area contributed by atoms with Crippen LogP contribution in [0.2, 0.25) is 0 Å². The number of allylic oxidation sites excluding steroid dienone is 3. The van der Waals surface area contributed by atoms with Crippen LogP contribution in [-0.4, -0.2) is 24.5 Å². The number of ether oxygens (including phenoxy) is 1. The number of nitrogens with zero attached hydrogens (tertiary/aromatic N) is 1. The molecule has 0 aliphatic heterocycles. The Morgan fingerprint density at radius 3 is 2.96 bits per heavy atom. The number of thiazole rings is 1. The molecule has 1 heterocycles. The van der Waals surface area contributed by atoms with Crippen LogP contribution in [0, 0.1) is 6.92 Å². The van der Waals surface area contributed by atoms with Gasteiger partial charge in [0.25, 0.3) is 0 Å². The van der Waals surface area contributed by atoms with Crippen molar-refractivity contribution in [1.82, 2.24) is 10.3 Å². The summed E-state index contributed by atoms with van der Waals surface area (Å²) in [5.74, 6) is 0.845. The highest BCUT2D eigenvalue weighted by molar-refractivity contribution is 7.09. The minimum atomic E-state index is -0.0110. The van der Waals surface area contributed by atoms with Gasteiger partial charge >= 0.3 is 0 Å². The van der Waals surface area contributed by atoms with Crippen molar-refractivity contribution < 1.29 is 9.53 Å². The summed E-state index contributed by atoms with van der Waals surface area (Å²) >= 11 is 1.62. The zero-order chi connectivity index (χ0) is 16.9. The first-order valence-electron chi connectivity index (χ1n) is 7.90. The second-order valence-electron chi connectivity index (χ2n) is 5.60. The number of carbonyl (C=O) groups excluding carboxylic acids is 1. The van der Waals surface area contributed by atoms with Gasteiger partial charge in [-0.3, -0.25) is 4.79 Å². The molecule has 1 N–H and O–H groups in total. The summed E-state index contributed by atoms with van der Waals surface area (Å²) in [5, 5.41) is 6.05. The average molecular weight is 340 g/mol. The summed E-state index contributed by atoms with van der Waals surface area (Å²) in [6.07, 6.45) is 5.40. The molecule has 1 aromatic carbocycles. The van der Waals surface area contributed by atoms with E-state index in [0.717, 1.165) is 39.6 Å². The van der Waals surface area contributed by atoms with E-state index in [4.69, 9.17) is 4.74 Å². The molecule has 0 atom stereocenters. The molecule has 0 bridgehead atoms. The Balaban J connectivity index is 1.55. The average Bonchev–Trinajstić information content (AvgIpc) is 3.24. The monoisotopic (exact) mass is 340 g/mol. The van der Waals surface area contributed by atoms with Gasteiger partial charge in [-0.1, -0.05) is 24.3 Å². The molecule has 124 valence electrons. The third-order valence-corrected chi connectivity index (χ3v) is 4.72. The molecule has 4 nitrogen and oxygen atoms in total. The highest BCUT2D eigenvalue weighted by atomic mass is 32.1. The molecule has 3 rings (SSSR count). The molecule has 0 radical (unpaired) electrons. The zero-order valence-electron chi connectivity index (χ0n) is 13.8. The largest absolute Gasteiger partial charge is 0.496 e. The van der Waals surface area contributed by atoms with Gasteiger partial charge in [0.2, 0.25) is 5.91 Å². The number of benzene rings is 1. The molecule has 5 heteroatoms. The minimum Gasteiger partial charge on any atom is -0.496 e. The van der Waals surface area contributed by atoms with Crippen LogP contribution in [0.25, 0.3) is 5.57 Å². The minimum absolute atomic E-state index is 0.0110. The standard InChI is InChI=1S/C19H20N2O2S/c1-13-21-17(12-24-13)15-7-8-16(11-15)19(22)20-10-9-14-5-3-4-6-18(14)23-2/h3-7,11-12H,8-10H2,1-2H3,(H,20,22). The van der Waals surface area contributed by atoms with Crippen molar-refractivity contribution in [2.75, 3.05) is 13.7 Å². The molecule has 1 aromatic heterocycles. The lowest BCUT2D eigenvalue weighted by Crippen LogP contribution is -2.26. The van der Waals surface area contributed by atoms with Gasteiger partial charge in [0.05, 0.1) is 17.8 Å². The second kappa shape index (κ2) is 7.45. The lowest BCUT2D eigenvalue weighted by molar-refractivity contribution is -0.117. The van der Waals surface area contributed by atoms with Crippen molar-refractivity contribution >= 4 is 22.8 Å². The first-order valence-corrected chi connectivity index (χ1v) is 8.78. The summed E-state index contributed by atoms with van der Waals surface area (Å²) in [5.41, 5.74) is 3.87. The SMILES string of the molecule is COc1ccccc1CCNC(=O)C1=CC(c2csc(C)n2)=CC1. The molecule has 1 aliphatic carbocycles. The topological polar surface area (TPSA) is 51.2 Å². The summed E-state index contributed by atoms with van der Waals surface area (Å²) < 4.78 is 5.33. The lowest BCUT2D eigenvalue weighted by atomic mass is 10.1. The van der Waals surface area contributed by atoms with E-state index in [-0.39, 0.29) is 5.91 Å². The number of aromatic nitrogens is 1. The third kappa shape index (κ3) is 3.74. The highest BCUT2D eigenvalue weighted by Crippen LogP contribution is 2.27. The molecule has 0 fully saturated rings. The van der Waals surface area contributed by atoms with E-state index in [1.165, 1.54) is 0 Å². The molecule has 1 amide bonds. The molecule has 2 aromatic rings. The van der Waals surface area contributed by atoms with Crippen LogP contribution in [0.1, 0.15) is 22.7 Å². The molecule has 0 unspecified atom stereocenters. The number of nitrogens with one attached hydrogen (secondary N) is 1. The van der Waals surface area contributed by atoms with E-state index < -0.39 is 0 Å². The van der Waals surface area contributed by atoms with Crippen LogP contribution in [0.3, 0.4) is 0 Å². The maximum Gasteiger partial charge on any atom is 0.247 e. The zero-order valence-corrected chi connectivity index (χ0v) is 14.7. The van der Waals surface area contributed by atoms with Gasteiger partial charge in [-0.25, -0.2) is 4.98 Å². The number of hydrogen-bond donors (Lipinski definition) is 1. The molecular formula is C19H20N2O2S. The van der Waals surface area contributed by atoms with Crippen molar-refractivity contribution in [1.29, 1.82) is 0 Å². The van der Waals surface area contributed by atoms with E-state index in [9.17, 15) is 4.79 Å². The summed E-state index contributed by atoms with van der Waals surface area (Å²) in [4.78, 5) is 16.8. The van der Waals surface area contributed by atoms with E-state index >= 15 is 0 Å².